The number of hydrogen-bond acceptors (Lipinski definition) is 4. The SMILES string of the molecule is COc1cc2c(cc1OC)C(c1cc3cc(C)cc(C)c3[nH]c1=O)N(C(=O)C(C)C)CC2. The molecule has 168 valence electrons. The van der Waals surface area contributed by atoms with Gasteiger partial charge in [-0.3, -0.25) is 9.59 Å². The van der Waals surface area contributed by atoms with Crippen molar-refractivity contribution in [2.75, 3.05) is 20.8 Å². The summed E-state index contributed by atoms with van der Waals surface area (Å²) in [5, 5.41) is 0.960. The smallest absolute Gasteiger partial charge is 0.254 e. The van der Waals surface area contributed by atoms with Gasteiger partial charge in [0, 0.05) is 18.0 Å². The molecule has 0 fully saturated rings. The molecule has 6 heteroatoms. The maximum absolute atomic E-state index is 13.3. The van der Waals surface area contributed by atoms with Gasteiger partial charge in [0.15, 0.2) is 11.5 Å². The zero-order valence-electron chi connectivity index (χ0n) is 19.5. The maximum atomic E-state index is 13.3. The summed E-state index contributed by atoms with van der Waals surface area (Å²) in [6.45, 7) is 8.35. The Morgan fingerprint density at radius 1 is 1.03 bits per heavy atom. The van der Waals surface area contributed by atoms with Gasteiger partial charge in [-0.15, -0.1) is 0 Å². The third-order valence-corrected chi connectivity index (χ3v) is 6.27. The summed E-state index contributed by atoms with van der Waals surface area (Å²) < 4.78 is 11.0. The van der Waals surface area contributed by atoms with E-state index in [2.05, 4.69) is 17.1 Å². The van der Waals surface area contributed by atoms with Crippen molar-refractivity contribution in [1.82, 2.24) is 9.88 Å². The summed E-state index contributed by atoms with van der Waals surface area (Å²) in [6, 6.07) is 9.42. The van der Waals surface area contributed by atoms with Gasteiger partial charge in [-0.05, 0) is 66.6 Å². The molecule has 1 atom stereocenters. The average molecular weight is 435 g/mol. The molecule has 2 heterocycles. The first-order chi connectivity index (χ1) is 15.2. The van der Waals surface area contributed by atoms with E-state index in [9.17, 15) is 9.59 Å². The second-order valence-corrected chi connectivity index (χ2v) is 8.84. The fourth-order valence-corrected chi connectivity index (χ4v) is 4.76. The van der Waals surface area contributed by atoms with Crippen molar-refractivity contribution >= 4 is 16.8 Å². The van der Waals surface area contributed by atoms with E-state index in [-0.39, 0.29) is 17.4 Å². The average Bonchev–Trinajstić information content (AvgIpc) is 2.77. The van der Waals surface area contributed by atoms with Gasteiger partial charge in [-0.2, -0.15) is 0 Å². The first kappa shape index (κ1) is 21.9. The molecule has 0 saturated heterocycles. The number of aryl methyl sites for hydroxylation is 2. The minimum Gasteiger partial charge on any atom is -0.493 e. The van der Waals surface area contributed by atoms with Gasteiger partial charge < -0.3 is 19.4 Å². The minimum absolute atomic E-state index is 0.0235. The summed E-state index contributed by atoms with van der Waals surface area (Å²) in [4.78, 5) is 31.5. The number of ether oxygens (including phenoxy) is 2. The molecule has 6 nitrogen and oxygen atoms in total. The van der Waals surface area contributed by atoms with Gasteiger partial charge in [0.05, 0.1) is 25.8 Å². The van der Waals surface area contributed by atoms with Crippen LogP contribution in [0.15, 0.2) is 35.1 Å². The van der Waals surface area contributed by atoms with E-state index >= 15 is 0 Å². The second-order valence-electron chi connectivity index (χ2n) is 8.84. The number of carbonyl (C=O) groups is 1. The number of carbonyl (C=O) groups excluding carboxylic acids is 1. The summed E-state index contributed by atoms with van der Waals surface area (Å²) in [7, 11) is 3.20. The monoisotopic (exact) mass is 434 g/mol. The number of nitrogens with one attached hydrogen (secondary N) is 1. The molecule has 4 rings (SSSR count). The van der Waals surface area contributed by atoms with E-state index in [1.54, 1.807) is 14.2 Å². The number of aromatic amines is 1. The zero-order chi connectivity index (χ0) is 23.2. The molecule has 0 saturated carbocycles. The second kappa shape index (κ2) is 8.34. The van der Waals surface area contributed by atoms with Gasteiger partial charge in [0.1, 0.15) is 0 Å². The highest BCUT2D eigenvalue weighted by atomic mass is 16.5. The van der Waals surface area contributed by atoms with E-state index in [4.69, 9.17) is 9.47 Å². The van der Waals surface area contributed by atoms with E-state index < -0.39 is 6.04 Å². The van der Waals surface area contributed by atoms with Gasteiger partial charge in [-0.1, -0.05) is 25.5 Å². The Kier molecular flexibility index (Phi) is 5.71. The molecular formula is C26H30N2O4. The standard InChI is InChI=1S/C26H30N2O4/c1-14(2)26(30)28-8-7-17-12-21(31-5)22(32-6)13-19(17)24(28)20-11-18-10-15(3)9-16(4)23(18)27-25(20)29/h9-14,24H,7-8H2,1-6H3,(H,27,29). The quantitative estimate of drug-likeness (QED) is 0.665. The number of aromatic nitrogens is 1. The van der Waals surface area contributed by atoms with Crippen molar-refractivity contribution in [3.8, 4) is 11.5 Å². The van der Waals surface area contributed by atoms with Gasteiger partial charge in [0.25, 0.3) is 5.56 Å². The highest BCUT2D eigenvalue weighted by Gasteiger charge is 2.35. The van der Waals surface area contributed by atoms with Crippen LogP contribution in [-0.2, 0) is 11.2 Å². The van der Waals surface area contributed by atoms with Crippen LogP contribution in [0.25, 0.3) is 10.9 Å². The maximum Gasteiger partial charge on any atom is 0.254 e. The zero-order valence-corrected chi connectivity index (χ0v) is 19.5. The number of fused-ring (bicyclic) bond motifs is 2. The van der Waals surface area contributed by atoms with Crippen LogP contribution in [0, 0.1) is 19.8 Å². The van der Waals surface area contributed by atoms with Crippen molar-refractivity contribution in [1.29, 1.82) is 0 Å². The van der Waals surface area contributed by atoms with Crippen molar-refractivity contribution in [2.24, 2.45) is 5.92 Å². The van der Waals surface area contributed by atoms with Crippen molar-refractivity contribution in [3.63, 3.8) is 0 Å². The Bertz CT molecular complexity index is 1260. The molecule has 32 heavy (non-hydrogen) atoms. The van der Waals surface area contributed by atoms with Crippen LogP contribution in [0.5, 0.6) is 11.5 Å². The first-order valence-corrected chi connectivity index (χ1v) is 10.9. The highest BCUT2D eigenvalue weighted by Crippen LogP contribution is 2.41. The van der Waals surface area contributed by atoms with Crippen LogP contribution in [-0.4, -0.2) is 36.6 Å². The molecule has 1 aliphatic heterocycles. The molecule has 3 aromatic rings. The molecule has 0 radical (unpaired) electrons. The Morgan fingerprint density at radius 3 is 2.38 bits per heavy atom. The fourth-order valence-electron chi connectivity index (χ4n) is 4.76. The van der Waals surface area contributed by atoms with Crippen LogP contribution in [0.1, 0.15) is 47.7 Å². The Balaban J connectivity index is 1.99. The number of H-pyrrole nitrogens is 1. The van der Waals surface area contributed by atoms with Gasteiger partial charge >= 0.3 is 0 Å². The number of benzene rings is 2. The lowest BCUT2D eigenvalue weighted by molar-refractivity contribution is -0.136. The van der Waals surface area contributed by atoms with Crippen LogP contribution >= 0.6 is 0 Å². The fraction of sp³-hybridized carbons (Fsp3) is 0.385. The van der Waals surface area contributed by atoms with Crippen molar-refractivity contribution < 1.29 is 14.3 Å². The molecule has 1 aromatic heterocycles. The normalized spacial score (nSPS) is 15.7. The third kappa shape index (κ3) is 3.64. The first-order valence-electron chi connectivity index (χ1n) is 10.9. The number of methoxy groups -OCH3 is 2. The Labute approximate surface area is 188 Å². The molecule has 0 spiro atoms. The summed E-state index contributed by atoms with van der Waals surface area (Å²) in [5.41, 5.74) is 5.31. The molecule has 1 aliphatic rings. The van der Waals surface area contributed by atoms with Crippen LogP contribution in [0.4, 0.5) is 0 Å². The molecule has 0 bridgehead atoms. The Morgan fingerprint density at radius 2 is 1.72 bits per heavy atom. The van der Waals surface area contributed by atoms with E-state index in [1.807, 2.05) is 50.8 Å². The largest absolute Gasteiger partial charge is 0.493 e. The number of nitrogens with zero attached hydrogens (tertiary/aromatic N) is 1. The number of rotatable bonds is 4. The molecule has 0 aliphatic carbocycles. The predicted molar refractivity (Wildman–Crippen MR) is 126 cm³/mol. The number of amides is 1. The van der Waals surface area contributed by atoms with E-state index in [1.165, 1.54) is 0 Å². The highest BCUT2D eigenvalue weighted by molar-refractivity contribution is 5.84. The van der Waals surface area contributed by atoms with Gasteiger partial charge in [-0.25, -0.2) is 0 Å². The summed E-state index contributed by atoms with van der Waals surface area (Å²) in [5.74, 6) is 1.07. The lowest BCUT2D eigenvalue weighted by atomic mass is 9.86. The summed E-state index contributed by atoms with van der Waals surface area (Å²) >= 11 is 0. The molecule has 1 unspecified atom stereocenters. The lowest BCUT2D eigenvalue weighted by Crippen LogP contribution is -2.44. The number of hydrogen-bond donors (Lipinski definition) is 1. The van der Waals surface area contributed by atoms with Gasteiger partial charge in [0.2, 0.25) is 5.91 Å². The van der Waals surface area contributed by atoms with Crippen LogP contribution in [0.3, 0.4) is 0 Å². The topological polar surface area (TPSA) is 71.6 Å². The molecule has 1 amide bonds. The lowest BCUT2D eigenvalue weighted by Gasteiger charge is -2.38. The molecule has 2 aromatic carbocycles. The predicted octanol–water partition coefficient (Wildman–Crippen LogP) is 4.29. The van der Waals surface area contributed by atoms with Crippen molar-refractivity contribution in [3.05, 3.63) is 68.5 Å². The number of pyridine rings is 1. The van der Waals surface area contributed by atoms with Crippen LogP contribution in [0.2, 0.25) is 0 Å². The minimum atomic E-state index is -0.498. The van der Waals surface area contributed by atoms with E-state index in [0.717, 1.165) is 33.2 Å². The molecule has 1 N–H and O–H groups in total. The van der Waals surface area contributed by atoms with Crippen LogP contribution < -0.4 is 15.0 Å². The third-order valence-electron chi connectivity index (χ3n) is 6.27. The Hall–Kier alpha value is -3.28. The van der Waals surface area contributed by atoms with E-state index in [0.29, 0.717) is 30.0 Å². The summed E-state index contributed by atoms with van der Waals surface area (Å²) in [6.07, 6.45) is 0.689. The van der Waals surface area contributed by atoms with Crippen molar-refractivity contribution in [2.45, 2.75) is 40.2 Å². The molecular weight excluding hydrogens is 404 g/mol.